The Labute approximate surface area is 68.6 Å². The van der Waals surface area contributed by atoms with E-state index >= 15 is 0 Å². The van der Waals surface area contributed by atoms with Crippen LogP contribution in [-0.4, -0.2) is 6.29 Å². The van der Waals surface area contributed by atoms with Gasteiger partial charge in [-0.15, -0.1) is 11.3 Å². The van der Waals surface area contributed by atoms with Gasteiger partial charge in [-0.2, -0.15) is 0 Å². The zero-order valence-electron chi connectivity index (χ0n) is 5.56. The van der Waals surface area contributed by atoms with Gasteiger partial charge < -0.3 is 4.79 Å². The van der Waals surface area contributed by atoms with Crippen LogP contribution in [0, 0.1) is 6.92 Å². The van der Waals surface area contributed by atoms with Crippen LogP contribution < -0.4 is 0 Å². The predicted octanol–water partition coefficient (Wildman–Crippen LogP) is 2.45. The molecule has 1 aromatic heterocycles. The van der Waals surface area contributed by atoms with E-state index in [1.54, 1.807) is 0 Å². The summed E-state index contributed by atoms with van der Waals surface area (Å²) >= 11 is 7.18. The van der Waals surface area contributed by atoms with Crippen LogP contribution in [0.1, 0.15) is 10.4 Å². The summed E-state index contributed by atoms with van der Waals surface area (Å²) in [5, 5.41) is 0. The van der Waals surface area contributed by atoms with Gasteiger partial charge in [0.25, 0.3) is 0 Å². The second-order valence-corrected chi connectivity index (χ2v) is 3.80. The highest BCUT2D eigenvalue weighted by molar-refractivity contribution is 7.16. The second-order valence-electron chi connectivity index (χ2n) is 2.03. The molecular weight excluding hydrogens is 168 g/mol. The third-order valence-corrected chi connectivity index (χ3v) is 2.65. The molecule has 1 aromatic rings. The van der Waals surface area contributed by atoms with E-state index in [0.717, 1.165) is 21.1 Å². The number of aldehydes is 1. The maximum Gasteiger partial charge on any atom is 0.125 e. The van der Waals surface area contributed by atoms with Crippen LogP contribution in [0.5, 0.6) is 0 Å². The first-order chi connectivity index (χ1) is 4.74. The quantitative estimate of drug-likeness (QED) is 0.630. The number of halogens is 1. The molecule has 0 amide bonds. The molecule has 1 rings (SSSR count). The molecule has 0 spiro atoms. The highest BCUT2D eigenvalue weighted by Gasteiger charge is 2.01. The number of carbonyl (C=O) groups is 1. The van der Waals surface area contributed by atoms with E-state index < -0.39 is 0 Å². The Morgan fingerprint density at radius 2 is 2.50 bits per heavy atom. The summed E-state index contributed by atoms with van der Waals surface area (Å²) in [6, 6.07) is 1.88. The van der Waals surface area contributed by atoms with Crippen molar-refractivity contribution in [3.63, 3.8) is 0 Å². The molecule has 10 heavy (non-hydrogen) atoms. The van der Waals surface area contributed by atoms with Gasteiger partial charge in [0.2, 0.25) is 0 Å². The molecule has 54 valence electrons. The third kappa shape index (κ3) is 1.58. The lowest BCUT2D eigenvalue weighted by Gasteiger charge is -1.86. The van der Waals surface area contributed by atoms with Gasteiger partial charge in [0, 0.05) is 11.3 Å². The van der Waals surface area contributed by atoms with Crippen LogP contribution in [0.2, 0.25) is 4.34 Å². The average Bonchev–Trinajstić information content (AvgIpc) is 2.13. The van der Waals surface area contributed by atoms with Gasteiger partial charge in [-0.1, -0.05) is 11.6 Å². The van der Waals surface area contributed by atoms with Gasteiger partial charge in [-0.25, -0.2) is 0 Å². The van der Waals surface area contributed by atoms with Gasteiger partial charge in [-0.05, 0) is 18.6 Å². The fraction of sp³-hybridized carbons (Fsp3) is 0.286. The lowest BCUT2D eigenvalue weighted by molar-refractivity contribution is -0.107. The SMILES string of the molecule is Cc1cc(Cl)sc1CC=O. The maximum atomic E-state index is 10.1. The van der Waals surface area contributed by atoms with Crippen molar-refractivity contribution < 1.29 is 4.79 Å². The Balaban J connectivity index is 2.91. The lowest BCUT2D eigenvalue weighted by Crippen LogP contribution is -1.81. The minimum absolute atomic E-state index is 0.489. The van der Waals surface area contributed by atoms with E-state index in [9.17, 15) is 4.79 Å². The number of carbonyl (C=O) groups excluding carboxylic acids is 1. The Bertz CT molecular complexity index is 242. The van der Waals surface area contributed by atoms with Crippen molar-refractivity contribution in [3.05, 3.63) is 20.8 Å². The molecule has 3 heteroatoms. The summed E-state index contributed by atoms with van der Waals surface area (Å²) in [6.07, 6.45) is 1.39. The minimum atomic E-state index is 0.489. The van der Waals surface area contributed by atoms with Crippen LogP contribution in [0.15, 0.2) is 6.07 Å². The van der Waals surface area contributed by atoms with Crippen LogP contribution in [0.4, 0.5) is 0 Å². The summed E-state index contributed by atoms with van der Waals surface area (Å²) in [5.74, 6) is 0. The van der Waals surface area contributed by atoms with E-state index in [2.05, 4.69) is 0 Å². The van der Waals surface area contributed by atoms with Crippen LogP contribution in [0.25, 0.3) is 0 Å². The molecule has 0 aliphatic heterocycles. The molecule has 0 unspecified atom stereocenters. The summed E-state index contributed by atoms with van der Waals surface area (Å²) in [6.45, 7) is 1.96. The number of hydrogen-bond acceptors (Lipinski definition) is 2. The zero-order chi connectivity index (χ0) is 7.56. The summed E-state index contributed by atoms with van der Waals surface area (Å²) < 4.78 is 0.759. The highest BCUT2D eigenvalue weighted by atomic mass is 35.5. The first-order valence-corrected chi connectivity index (χ1v) is 4.12. The first kappa shape index (κ1) is 7.76. The molecule has 0 atom stereocenters. The molecule has 0 aromatic carbocycles. The smallest absolute Gasteiger partial charge is 0.125 e. The van der Waals surface area contributed by atoms with Crippen molar-refractivity contribution in [1.29, 1.82) is 0 Å². The third-order valence-electron chi connectivity index (χ3n) is 1.26. The van der Waals surface area contributed by atoms with Crippen molar-refractivity contribution in [2.45, 2.75) is 13.3 Å². The lowest BCUT2D eigenvalue weighted by atomic mass is 10.2. The highest BCUT2D eigenvalue weighted by Crippen LogP contribution is 2.25. The van der Waals surface area contributed by atoms with Gasteiger partial charge >= 0.3 is 0 Å². The van der Waals surface area contributed by atoms with Gasteiger partial charge in [-0.3, -0.25) is 0 Å². The van der Waals surface area contributed by atoms with Crippen molar-refractivity contribution in [2.24, 2.45) is 0 Å². The fourth-order valence-electron chi connectivity index (χ4n) is 0.757. The topological polar surface area (TPSA) is 17.1 Å². The van der Waals surface area contributed by atoms with E-state index in [-0.39, 0.29) is 0 Å². The molecule has 0 aliphatic rings. The van der Waals surface area contributed by atoms with E-state index in [0.29, 0.717) is 6.42 Å². The molecule has 0 radical (unpaired) electrons. The summed E-state index contributed by atoms with van der Waals surface area (Å²) in [4.78, 5) is 11.2. The number of hydrogen-bond donors (Lipinski definition) is 0. The predicted molar refractivity (Wildman–Crippen MR) is 43.8 cm³/mol. The molecular formula is C7H7ClOS. The number of aryl methyl sites for hydroxylation is 1. The van der Waals surface area contributed by atoms with Crippen molar-refractivity contribution in [3.8, 4) is 0 Å². The van der Waals surface area contributed by atoms with E-state index in [4.69, 9.17) is 11.6 Å². The van der Waals surface area contributed by atoms with Gasteiger partial charge in [0.1, 0.15) is 6.29 Å². The number of rotatable bonds is 2. The summed E-state index contributed by atoms with van der Waals surface area (Å²) in [5.41, 5.74) is 1.11. The fourth-order valence-corrected chi connectivity index (χ4v) is 2.04. The van der Waals surface area contributed by atoms with Crippen LogP contribution >= 0.6 is 22.9 Å². The molecule has 0 aliphatic carbocycles. The summed E-state index contributed by atoms with van der Waals surface area (Å²) in [7, 11) is 0. The van der Waals surface area contributed by atoms with Crippen molar-refractivity contribution in [2.75, 3.05) is 0 Å². The molecule has 0 fully saturated rings. The average molecular weight is 175 g/mol. The number of thiophene rings is 1. The van der Waals surface area contributed by atoms with Crippen LogP contribution in [-0.2, 0) is 11.2 Å². The normalized spacial score (nSPS) is 9.80. The Kier molecular flexibility index (Phi) is 2.46. The molecule has 0 bridgehead atoms. The standard InChI is InChI=1S/C7H7ClOS/c1-5-4-7(8)10-6(5)2-3-9/h3-4H,2H2,1H3. The molecule has 0 N–H and O–H groups in total. The van der Waals surface area contributed by atoms with Crippen LogP contribution in [0.3, 0.4) is 0 Å². The molecule has 1 nitrogen and oxygen atoms in total. The van der Waals surface area contributed by atoms with Gasteiger partial charge in [0.15, 0.2) is 0 Å². The monoisotopic (exact) mass is 174 g/mol. The Morgan fingerprint density at radius 3 is 2.90 bits per heavy atom. The van der Waals surface area contributed by atoms with E-state index in [1.165, 1.54) is 11.3 Å². The first-order valence-electron chi connectivity index (χ1n) is 2.92. The Hall–Kier alpha value is -0.340. The zero-order valence-corrected chi connectivity index (χ0v) is 7.13. The molecule has 0 saturated carbocycles. The van der Waals surface area contributed by atoms with Crippen molar-refractivity contribution >= 4 is 29.2 Å². The van der Waals surface area contributed by atoms with Crippen molar-refractivity contribution in [1.82, 2.24) is 0 Å². The second kappa shape index (κ2) is 3.17. The molecule has 0 saturated heterocycles. The molecule has 1 heterocycles. The minimum Gasteiger partial charge on any atom is -0.303 e. The Morgan fingerprint density at radius 1 is 1.80 bits per heavy atom. The van der Waals surface area contributed by atoms with E-state index in [1.807, 2.05) is 13.0 Å². The maximum absolute atomic E-state index is 10.1. The van der Waals surface area contributed by atoms with Gasteiger partial charge in [0.05, 0.1) is 4.34 Å². The largest absolute Gasteiger partial charge is 0.303 e.